The van der Waals surface area contributed by atoms with Crippen LogP contribution in [0, 0.1) is 11.6 Å². The third-order valence-electron chi connectivity index (χ3n) is 3.40. The second-order valence-corrected chi connectivity index (χ2v) is 5.54. The van der Waals surface area contributed by atoms with Crippen LogP contribution in [0.2, 0.25) is 0 Å². The lowest BCUT2D eigenvalue weighted by atomic mass is 10.1. The van der Waals surface area contributed by atoms with Crippen molar-refractivity contribution >= 4 is 17.2 Å². The Morgan fingerprint density at radius 1 is 1.13 bits per heavy atom. The molecule has 23 heavy (non-hydrogen) atoms. The molecule has 0 aliphatic heterocycles. The number of aromatic nitrogens is 2. The van der Waals surface area contributed by atoms with Gasteiger partial charge >= 0.3 is 0 Å². The van der Waals surface area contributed by atoms with E-state index in [1.54, 1.807) is 12.4 Å². The SMILES string of the molecule is NC(=S)c1cccc(Cn2ccnc2-c2cc(F)cc(F)c2)c1. The molecular weight excluding hydrogens is 316 g/mol. The zero-order valence-electron chi connectivity index (χ0n) is 12.0. The molecule has 0 bridgehead atoms. The van der Waals surface area contributed by atoms with Gasteiger partial charge in [-0.1, -0.05) is 30.4 Å². The van der Waals surface area contributed by atoms with Crippen molar-refractivity contribution in [3.63, 3.8) is 0 Å². The van der Waals surface area contributed by atoms with Gasteiger partial charge in [-0.3, -0.25) is 0 Å². The van der Waals surface area contributed by atoms with Gasteiger partial charge in [-0.2, -0.15) is 0 Å². The van der Waals surface area contributed by atoms with E-state index in [9.17, 15) is 8.78 Å². The first kappa shape index (κ1) is 15.3. The molecule has 0 atom stereocenters. The maximum absolute atomic E-state index is 13.4. The Hall–Kier alpha value is -2.60. The largest absolute Gasteiger partial charge is 0.389 e. The number of hydrogen-bond donors (Lipinski definition) is 1. The summed E-state index contributed by atoms with van der Waals surface area (Å²) >= 11 is 4.98. The summed E-state index contributed by atoms with van der Waals surface area (Å²) in [4.78, 5) is 4.53. The zero-order valence-corrected chi connectivity index (χ0v) is 12.9. The van der Waals surface area contributed by atoms with E-state index in [4.69, 9.17) is 18.0 Å². The molecule has 1 aromatic heterocycles. The van der Waals surface area contributed by atoms with E-state index in [0.29, 0.717) is 22.9 Å². The molecule has 6 heteroatoms. The molecule has 2 aromatic carbocycles. The molecule has 0 saturated heterocycles. The molecule has 0 saturated carbocycles. The van der Waals surface area contributed by atoms with E-state index in [1.807, 2.05) is 28.8 Å². The second-order valence-electron chi connectivity index (χ2n) is 5.10. The van der Waals surface area contributed by atoms with Crippen molar-refractivity contribution in [1.82, 2.24) is 9.55 Å². The minimum Gasteiger partial charge on any atom is -0.389 e. The quantitative estimate of drug-likeness (QED) is 0.745. The van der Waals surface area contributed by atoms with E-state index >= 15 is 0 Å². The normalized spacial score (nSPS) is 10.7. The molecule has 0 aliphatic carbocycles. The first-order valence-electron chi connectivity index (χ1n) is 6.89. The fraction of sp³-hybridized carbons (Fsp3) is 0.0588. The average Bonchev–Trinajstić information content (AvgIpc) is 2.94. The zero-order chi connectivity index (χ0) is 16.4. The van der Waals surface area contributed by atoms with Gasteiger partial charge in [0, 0.05) is 36.1 Å². The van der Waals surface area contributed by atoms with E-state index in [1.165, 1.54) is 12.1 Å². The predicted molar refractivity (Wildman–Crippen MR) is 89.0 cm³/mol. The summed E-state index contributed by atoms with van der Waals surface area (Å²) in [7, 11) is 0. The first-order valence-corrected chi connectivity index (χ1v) is 7.30. The standard InChI is InChI=1S/C17H13F2N3S/c18-14-7-13(8-15(19)9-14)17-21-4-5-22(17)10-11-2-1-3-12(6-11)16(20)23/h1-9H,10H2,(H2,20,23). The smallest absolute Gasteiger partial charge is 0.140 e. The number of nitrogens with two attached hydrogens (primary N) is 1. The summed E-state index contributed by atoms with van der Waals surface area (Å²) in [5.74, 6) is -0.779. The number of nitrogens with zero attached hydrogens (tertiary/aromatic N) is 2. The van der Waals surface area contributed by atoms with Crippen LogP contribution in [0.4, 0.5) is 8.78 Å². The van der Waals surface area contributed by atoms with Crippen LogP contribution < -0.4 is 5.73 Å². The summed E-state index contributed by atoms with van der Waals surface area (Å²) in [6.07, 6.45) is 3.35. The maximum Gasteiger partial charge on any atom is 0.140 e. The van der Waals surface area contributed by atoms with Crippen molar-refractivity contribution in [2.24, 2.45) is 5.73 Å². The molecule has 2 N–H and O–H groups in total. The highest BCUT2D eigenvalue weighted by Crippen LogP contribution is 2.21. The van der Waals surface area contributed by atoms with Gasteiger partial charge in [0.2, 0.25) is 0 Å². The number of thiocarbonyl (C=S) groups is 1. The van der Waals surface area contributed by atoms with Crippen LogP contribution in [-0.2, 0) is 6.54 Å². The Bertz CT molecular complexity index is 854. The Morgan fingerprint density at radius 2 is 1.87 bits per heavy atom. The summed E-state index contributed by atoms with van der Waals surface area (Å²) in [5.41, 5.74) is 7.76. The van der Waals surface area contributed by atoms with Crippen LogP contribution in [0.1, 0.15) is 11.1 Å². The van der Waals surface area contributed by atoms with Crippen LogP contribution in [-0.4, -0.2) is 14.5 Å². The molecule has 0 fully saturated rings. The molecule has 0 radical (unpaired) electrons. The van der Waals surface area contributed by atoms with Crippen molar-refractivity contribution < 1.29 is 8.78 Å². The third kappa shape index (κ3) is 3.43. The van der Waals surface area contributed by atoms with Gasteiger partial charge in [0.25, 0.3) is 0 Å². The average molecular weight is 329 g/mol. The molecule has 1 heterocycles. The third-order valence-corrected chi connectivity index (χ3v) is 3.64. The topological polar surface area (TPSA) is 43.8 Å². The van der Waals surface area contributed by atoms with E-state index in [0.717, 1.165) is 17.2 Å². The van der Waals surface area contributed by atoms with Gasteiger partial charge < -0.3 is 10.3 Å². The monoisotopic (exact) mass is 329 g/mol. The highest BCUT2D eigenvalue weighted by molar-refractivity contribution is 7.80. The molecule has 3 nitrogen and oxygen atoms in total. The number of rotatable bonds is 4. The van der Waals surface area contributed by atoms with E-state index < -0.39 is 11.6 Å². The minimum absolute atomic E-state index is 0.324. The number of halogens is 2. The molecule has 0 amide bonds. The predicted octanol–water partition coefficient (Wildman–Crippen LogP) is 3.51. The van der Waals surface area contributed by atoms with Crippen LogP contribution in [0.25, 0.3) is 11.4 Å². The van der Waals surface area contributed by atoms with Gasteiger partial charge in [0.15, 0.2) is 0 Å². The number of imidazole rings is 1. The number of hydrogen-bond acceptors (Lipinski definition) is 2. The van der Waals surface area contributed by atoms with Crippen molar-refractivity contribution in [2.45, 2.75) is 6.54 Å². The molecule has 3 aromatic rings. The van der Waals surface area contributed by atoms with Crippen LogP contribution in [0.15, 0.2) is 54.9 Å². The summed E-state index contributed by atoms with van der Waals surface area (Å²) in [6.45, 7) is 0.490. The number of benzene rings is 2. The summed E-state index contributed by atoms with van der Waals surface area (Å²) in [5, 5.41) is 0. The van der Waals surface area contributed by atoms with Crippen LogP contribution >= 0.6 is 12.2 Å². The maximum atomic E-state index is 13.4. The fourth-order valence-corrected chi connectivity index (χ4v) is 2.53. The molecule has 0 spiro atoms. The first-order chi connectivity index (χ1) is 11.0. The Balaban J connectivity index is 1.95. The summed E-state index contributed by atoms with van der Waals surface area (Å²) in [6, 6.07) is 10.9. The Kier molecular flexibility index (Phi) is 4.16. The van der Waals surface area contributed by atoms with Gasteiger partial charge in [0.1, 0.15) is 22.4 Å². The van der Waals surface area contributed by atoms with Crippen molar-refractivity contribution in [3.05, 3.63) is 77.6 Å². The Labute approximate surface area is 137 Å². The van der Waals surface area contributed by atoms with E-state index in [2.05, 4.69) is 4.98 Å². The van der Waals surface area contributed by atoms with Crippen LogP contribution in [0.3, 0.4) is 0 Å². The van der Waals surface area contributed by atoms with Gasteiger partial charge in [-0.25, -0.2) is 13.8 Å². The fourth-order valence-electron chi connectivity index (χ4n) is 2.40. The lowest BCUT2D eigenvalue weighted by Crippen LogP contribution is -2.10. The highest BCUT2D eigenvalue weighted by atomic mass is 32.1. The van der Waals surface area contributed by atoms with E-state index in [-0.39, 0.29) is 0 Å². The lowest BCUT2D eigenvalue weighted by molar-refractivity contribution is 0.583. The summed E-state index contributed by atoms with van der Waals surface area (Å²) < 4.78 is 28.6. The molecule has 0 unspecified atom stereocenters. The lowest BCUT2D eigenvalue weighted by Gasteiger charge is -2.09. The van der Waals surface area contributed by atoms with Crippen LogP contribution in [0.5, 0.6) is 0 Å². The minimum atomic E-state index is -0.634. The van der Waals surface area contributed by atoms with Crippen molar-refractivity contribution in [3.8, 4) is 11.4 Å². The Morgan fingerprint density at radius 3 is 2.57 bits per heavy atom. The van der Waals surface area contributed by atoms with Gasteiger partial charge in [0.05, 0.1) is 0 Å². The molecular formula is C17H13F2N3S. The molecule has 3 rings (SSSR count). The molecule has 0 aliphatic rings. The highest BCUT2D eigenvalue weighted by Gasteiger charge is 2.10. The van der Waals surface area contributed by atoms with Gasteiger partial charge in [-0.15, -0.1) is 0 Å². The van der Waals surface area contributed by atoms with Crippen molar-refractivity contribution in [2.75, 3.05) is 0 Å². The van der Waals surface area contributed by atoms with Crippen molar-refractivity contribution in [1.29, 1.82) is 0 Å². The molecule has 116 valence electrons. The van der Waals surface area contributed by atoms with Gasteiger partial charge in [-0.05, 0) is 23.8 Å². The second kappa shape index (κ2) is 6.26.